The van der Waals surface area contributed by atoms with Crippen molar-refractivity contribution in [1.82, 2.24) is 15.5 Å². The van der Waals surface area contributed by atoms with Crippen molar-refractivity contribution < 1.29 is 28.6 Å². The smallest absolute Gasteiger partial charge is 0.337 e. The predicted octanol–water partition coefficient (Wildman–Crippen LogP) is 2.62. The molecule has 2 aromatic rings. The topological polar surface area (TPSA) is 108 Å². The lowest BCUT2D eigenvalue weighted by Gasteiger charge is -2.32. The first kappa shape index (κ1) is 26.8. The Labute approximate surface area is 216 Å². The molecule has 1 aliphatic heterocycles. The van der Waals surface area contributed by atoms with Crippen LogP contribution < -0.4 is 10.6 Å². The zero-order valence-corrected chi connectivity index (χ0v) is 21.0. The largest absolute Gasteiger partial charge is 0.465 e. The summed E-state index contributed by atoms with van der Waals surface area (Å²) in [5.41, 5.74) is 1.80. The summed E-state index contributed by atoms with van der Waals surface area (Å²) in [6.07, 6.45) is 2.78. The maximum Gasteiger partial charge on any atom is 0.337 e. The number of esters is 1. The fourth-order valence-electron chi connectivity index (χ4n) is 4.77. The first-order valence-corrected chi connectivity index (χ1v) is 12.8. The first-order valence-electron chi connectivity index (χ1n) is 12.8. The van der Waals surface area contributed by atoms with Gasteiger partial charge < -0.3 is 25.4 Å². The van der Waals surface area contributed by atoms with Gasteiger partial charge in [-0.05, 0) is 80.6 Å². The molecule has 2 amide bonds. The molecule has 1 saturated carbocycles. The number of aliphatic hydroxyl groups excluding tert-OH is 1. The molecular weight excluding hydrogens is 477 g/mol. The van der Waals surface area contributed by atoms with Gasteiger partial charge in [0.15, 0.2) is 0 Å². The Bertz CT molecular complexity index is 1080. The zero-order chi connectivity index (χ0) is 26.4. The Morgan fingerprint density at radius 3 is 2.35 bits per heavy atom. The monoisotopic (exact) mass is 511 g/mol. The van der Waals surface area contributed by atoms with Crippen molar-refractivity contribution in [1.29, 1.82) is 0 Å². The molecule has 1 unspecified atom stereocenters. The standard InChI is InChI=1S/C28H34FN3O5/c1-37-28(36)20-6-4-19(5-7-20)26(34)31-24(27(35)32-15-12-22(33)13-16-32)3-2-14-30-25-17-23(25)18-8-10-21(29)11-9-18/h4-11,22-25,30,33H,2-3,12-17H2,1H3,(H,31,34)/t23-,24-,25?/m0/s1. The molecule has 4 rings (SSSR count). The van der Waals surface area contributed by atoms with E-state index in [0.717, 1.165) is 12.0 Å². The number of rotatable bonds is 10. The van der Waals surface area contributed by atoms with Crippen LogP contribution in [-0.2, 0) is 9.53 Å². The number of ether oxygens (including phenoxy) is 1. The third-order valence-corrected chi connectivity index (χ3v) is 7.11. The van der Waals surface area contributed by atoms with Crippen molar-refractivity contribution >= 4 is 17.8 Å². The van der Waals surface area contributed by atoms with Gasteiger partial charge in [0, 0.05) is 30.6 Å². The summed E-state index contributed by atoms with van der Waals surface area (Å²) < 4.78 is 17.9. The molecule has 2 aromatic carbocycles. The molecule has 0 aromatic heterocycles. The van der Waals surface area contributed by atoms with Crippen molar-refractivity contribution in [3.63, 3.8) is 0 Å². The number of benzene rings is 2. The van der Waals surface area contributed by atoms with Crippen LogP contribution >= 0.6 is 0 Å². The second-order valence-electron chi connectivity index (χ2n) is 9.75. The van der Waals surface area contributed by atoms with Gasteiger partial charge >= 0.3 is 5.97 Å². The minimum absolute atomic E-state index is 0.151. The number of halogens is 1. The maximum atomic E-state index is 13.3. The highest BCUT2D eigenvalue weighted by Gasteiger charge is 2.37. The average Bonchev–Trinajstić information content (AvgIpc) is 3.70. The van der Waals surface area contributed by atoms with Gasteiger partial charge in [0.25, 0.3) is 5.91 Å². The van der Waals surface area contributed by atoms with Gasteiger partial charge in [-0.25, -0.2) is 9.18 Å². The van der Waals surface area contributed by atoms with E-state index in [1.54, 1.807) is 4.90 Å². The number of piperidine rings is 1. The molecule has 1 aliphatic carbocycles. The Balaban J connectivity index is 1.32. The molecule has 0 bridgehead atoms. The van der Waals surface area contributed by atoms with E-state index in [0.29, 0.717) is 68.4 Å². The second kappa shape index (κ2) is 12.3. The summed E-state index contributed by atoms with van der Waals surface area (Å²) in [6, 6.07) is 12.3. The van der Waals surface area contributed by atoms with Gasteiger partial charge in [0.05, 0.1) is 18.8 Å². The molecule has 0 radical (unpaired) electrons. The van der Waals surface area contributed by atoms with E-state index >= 15 is 0 Å². The van der Waals surface area contributed by atoms with Gasteiger partial charge in [-0.15, -0.1) is 0 Å². The van der Waals surface area contributed by atoms with Crippen LogP contribution in [0.1, 0.15) is 64.3 Å². The van der Waals surface area contributed by atoms with Crippen LogP contribution in [0.4, 0.5) is 4.39 Å². The summed E-state index contributed by atoms with van der Waals surface area (Å²) in [4.78, 5) is 39.6. The third kappa shape index (κ3) is 7.14. The number of aliphatic hydroxyl groups is 1. The lowest BCUT2D eigenvalue weighted by atomic mass is 10.0. The van der Waals surface area contributed by atoms with E-state index in [-0.39, 0.29) is 11.7 Å². The minimum Gasteiger partial charge on any atom is -0.465 e. The number of methoxy groups -OCH3 is 1. The van der Waals surface area contributed by atoms with Crippen molar-refractivity contribution in [2.75, 3.05) is 26.7 Å². The molecule has 9 heteroatoms. The summed E-state index contributed by atoms with van der Waals surface area (Å²) >= 11 is 0. The van der Waals surface area contributed by atoms with Crippen molar-refractivity contribution in [3.8, 4) is 0 Å². The number of hydrogen-bond acceptors (Lipinski definition) is 6. The average molecular weight is 512 g/mol. The van der Waals surface area contributed by atoms with E-state index in [9.17, 15) is 23.9 Å². The second-order valence-corrected chi connectivity index (χ2v) is 9.75. The SMILES string of the molecule is COC(=O)c1ccc(C(=O)N[C@@H](CCCNC2C[C@H]2c2ccc(F)cc2)C(=O)N2CCC(O)CC2)cc1. The van der Waals surface area contributed by atoms with E-state index in [2.05, 4.69) is 10.6 Å². The number of nitrogens with zero attached hydrogens (tertiary/aromatic N) is 1. The Morgan fingerprint density at radius 2 is 1.70 bits per heavy atom. The molecule has 1 saturated heterocycles. The fourth-order valence-corrected chi connectivity index (χ4v) is 4.77. The summed E-state index contributed by atoms with van der Waals surface area (Å²) in [7, 11) is 1.29. The quantitative estimate of drug-likeness (QED) is 0.334. The Morgan fingerprint density at radius 1 is 1.05 bits per heavy atom. The molecule has 0 spiro atoms. The highest BCUT2D eigenvalue weighted by atomic mass is 19.1. The van der Waals surface area contributed by atoms with Crippen LogP contribution in [0.2, 0.25) is 0 Å². The number of nitrogens with one attached hydrogen (secondary N) is 2. The molecule has 3 atom stereocenters. The number of likely N-dealkylation sites (tertiary alicyclic amines) is 1. The lowest BCUT2D eigenvalue weighted by molar-refractivity contribution is -0.135. The normalized spacial score (nSPS) is 20.2. The highest BCUT2D eigenvalue weighted by molar-refractivity contribution is 5.98. The van der Waals surface area contributed by atoms with Crippen molar-refractivity contribution in [3.05, 3.63) is 71.0 Å². The van der Waals surface area contributed by atoms with E-state index < -0.39 is 24.0 Å². The number of amides is 2. The van der Waals surface area contributed by atoms with Crippen molar-refractivity contribution in [2.45, 2.75) is 56.2 Å². The predicted molar refractivity (Wildman–Crippen MR) is 136 cm³/mol. The van der Waals surface area contributed by atoms with E-state index in [1.165, 1.54) is 43.5 Å². The van der Waals surface area contributed by atoms with E-state index in [4.69, 9.17) is 4.74 Å². The molecule has 8 nitrogen and oxygen atoms in total. The van der Waals surface area contributed by atoms with Gasteiger partial charge in [-0.2, -0.15) is 0 Å². The van der Waals surface area contributed by atoms with Crippen LogP contribution in [-0.4, -0.2) is 72.7 Å². The number of hydrogen-bond donors (Lipinski definition) is 3. The summed E-state index contributed by atoms with van der Waals surface area (Å²) in [5, 5.41) is 16.2. The van der Waals surface area contributed by atoms with Gasteiger partial charge in [0.2, 0.25) is 5.91 Å². The van der Waals surface area contributed by atoms with Gasteiger partial charge in [-0.3, -0.25) is 9.59 Å². The van der Waals surface area contributed by atoms with Crippen LogP contribution in [0, 0.1) is 5.82 Å². The molecule has 198 valence electrons. The number of carbonyl (C=O) groups is 3. The molecular formula is C28H34FN3O5. The zero-order valence-electron chi connectivity index (χ0n) is 21.0. The lowest BCUT2D eigenvalue weighted by Crippen LogP contribution is -2.51. The Hall–Kier alpha value is -3.30. The van der Waals surface area contributed by atoms with Gasteiger partial charge in [0.1, 0.15) is 11.9 Å². The maximum absolute atomic E-state index is 13.3. The fraction of sp³-hybridized carbons (Fsp3) is 0.464. The molecule has 3 N–H and O–H groups in total. The van der Waals surface area contributed by atoms with Crippen LogP contribution in [0.25, 0.3) is 0 Å². The van der Waals surface area contributed by atoms with Gasteiger partial charge in [-0.1, -0.05) is 12.1 Å². The third-order valence-electron chi connectivity index (χ3n) is 7.11. The van der Waals surface area contributed by atoms with Crippen molar-refractivity contribution in [2.24, 2.45) is 0 Å². The van der Waals surface area contributed by atoms with E-state index in [1.807, 2.05) is 12.1 Å². The highest BCUT2D eigenvalue weighted by Crippen LogP contribution is 2.40. The Kier molecular flexibility index (Phi) is 8.89. The molecule has 2 fully saturated rings. The summed E-state index contributed by atoms with van der Waals surface area (Å²) in [6.45, 7) is 1.61. The number of carbonyl (C=O) groups excluding carboxylic acids is 3. The first-order chi connectivity index (χ1) is 17.9. The van der Waals surface area contributed by atoms with Crippen LogP contribution in [0.3, 0.4) is 0 Å². The molecule has 1 heterocycles. The summed E-state index contributed by atoms with van der Waals surface area (Å²) in [5.74, 6) is -0.905. The van der Waals surface area contributed by atoms with Crippen LogP contribution in [0.5, 0.6) is 0 Å². The van der Waals surface area contributed by atoms with Crippen LogP contribution in [0.15, 0.2) is 48.5 Å². The molecule has 37 heavy (non-hydrogen) atoms. The minimum atomic E-state index is -0.697. The molecule has 2 aliphatic rings.